The Morgan fingerprint density at radius 1 is 0.956 bits per heavy atom. The Morgan fingerprint density at radius 3 is 2.27 bits per heavy atom. The Balaban J connectivity index is 1.38. The van der Waals surface area contributed by atoms with E-state index in [1.54, 1.807) is 32.9 Å². The minimum absolute atomic E-state index is 0.0337. The van der Waals surface area contributed by atoms with Gasteiger partial charge in [-0.15, -0.1) is 0 Å². The largest absolute Gasteiger partial charge is 0.480 e. The van der Waals surface area contributed by atoms with Crippen LogP contribution in [0.1, 0.15) is 51.2 Å². The lowest BCUT2D eigenvalue weighted by Crippen LogP contribution is -2.65. The van der Waals surface area contributed by atoms with Gasteiger partial charge in [0.25, 0.3) is 0 Å². The minimum atomic E-state index is -1.11. The maximum Gasteiger partial charge on any atom is 0.408 e. The van der Waals surface area contributed by atoms with Crippen LogP contribution >= 0.6 is 0 Å². The predicted molar refractivity (Wildman–Crippen MR) is 167 cm³/mol. The Kier molecular flexibility index (Phi) is 9.41. The van der Waals surface area contributed by atoms with E-state index in [9.17, 15) is 28.7 Å². The summed E-state index contributed by atoms with van der Waals surface area (Å²) in [5.41, 5.74) is 0.614. The number of nitrogens with one attached hydrogen (secondary N) is 1. The maximum absolute atomic E-state index is 14.1. The van der Waals surface area contributed by atoms with Crippen LogP contribution in [0.25, 0.3) is 10.8 Å². The third-order valence-corrected chi connectivity index (χ3v) is 8.31. The molecular formula is C35H40FN3O6. The van der Waals surface area contributed by atoms with Crippen LogP contribution in [0.15, 0.2) is 66.7 Å². The van der Waals surface area contributed by atoms with Gasteiger partial charge in [0.2, 0.25) is 11.8 Å². The zero-order chi connectivity index (χ0) is 32.3. The summed E-state index contributed by atoms with van der Waals surface area (Å²) in [6, 6.07) is 16.2. The first-order valence-electron chi connectivity index (χ1n) is 15.4. The van der Waals surface area contributed by atoms with Crippen molar-refractivity contribution in [1.82, 2.24) is 15.1 Å². The average molecular weight is 618 g/mol. The summed E-state index contributed by atoms with van der Waals surface area (Å²) < 4.78 is 19.0. The molecule has 3 atom stereocenters. The molecule has 45 heavy (non-hydrogen) atoms. The zero-order valence-electron chi connectivity index (χ0n) is 25.9. The van der Waals surface area contributed by atoms with Gasteiger partial charge in [-0.3, -0.25) is 9.59 Å². The molecule has 1 saturated carbocycles. The van der Waals surface area contributed by atoms with Crippen LogP contribution in [0, 0.1) is 11.7 Å². The second kappa shape index (κ2) is 13.3. The van der Waals surface area contributed by atoms with Gasteiger partial charge in [-0.2, -0.15) is 0 Å². The molecule has 1 saturated heterocycles. The average Bonchev–Trinajstić information content (AvgIpc) is 3.81. The number of amides is 3. The fourth-order valence-corrected chi connectivity index (χ4v) is 5.90. The van der Waals surface area contributed by atoms with Crippen LogP contribution in [0.2, 0.25) is 0 Å². The number of piperazine rings is 1. The summed E-state index contributed by atoms with van der Waals surface area (Å²) in [6.45, 7) is 5.28. The molecule has 1 aliphatic heterocycles. The smallest absolute Gasteiger partial charge is 0.408 e. The van der Waals surface area contributed by atoms with Gasteiger partial charge in [-0.05, 0) is 67.1 Å². The highest BCUT2D eigenvalue weighted by molar-refractivity contribution is 5.94. The number of rotatable bonds is 10. The number of aliphatic carboxylic acids is 1. The maximum atomic E-state index is 14.1. The number of hydrogen-bond acceptors (Lipinski definition) is 5. The molecule has 0 radical (unpaired) electrons. The molecule has 3 aromatic rings. The highest BCUT2D eigenvalue weighted by Crippen LogP contribution is 2.36. The SMILES string of the molecule is CC(C)(C)OC(=O)N[C@H](Cc1ccc(F)cc1)C(=O)N1CCN([C@@H](Cc2ccc3ccccc3c2)C(=O)O)C(=O)[C@@H]1CC1CC1. The highest BCUT2D eigenvalue weighted by atomic mass is 19.1. The summed E-state index contributed by atoms with van der Waals surface area (Å²) in [6.07, 6.45) is 1.68. The number of carboxylic acid groups (broad SMARTS) is 1. The number of fused-ring (bicyclic) bond motifs is 1. The second-order valence-corrected chi connectivity index (χ2v) is 13.0. The second-order valence-electron chi connectivity index (χ2n) is 13.0. The molecule has 3 amide bonds. The molecule has 2 fully saturated rings. The first kappa shape index (κ1) is 31.9. The van der Waals surface area contributed by atoms with Crippen LogP contribution in [-0.4, -0.2) is 75.6 Å². The van der Waals surface area contributed by atoms with Crippen molar-refractivity contribution in [1.29, 1.82) is 0 Å². The van der Waals surface area contributed by atoms with Crippen LogP contribution in [0.4, 0.5) is 9.18 Å². The predicted octanol–water partition coefficient (Wildman–Crippen LogP) is 4.95. The molecule has 2 N–H and O–H groups in total. The lowest BCUT2D eigenvalue weighted by molar-refractivity contribution is -0.161. The lowest BCUT2D eigenvalue weighted by Gasteiger charge is -2.44. The molecule has 3 aromatic carbocycles. The summed E-state index contributed by atoms with van der Waals surface area (Å²) in [7, 11) is 0. The van der Waals surface area contributed by atoms with E-state index in [-0.39, 0.29) is 31.8 Å². The van der Waals surface area contributed by atoms with Gasteiger partial charge in [-0.25, -0.2) is 14.0 Å². The normalized spacial score (nSPS) is 18.4. The lowest BCUT2D eigenvalue weighted by atomic mass is 9.96. The van der Waals surface area contributed by atoms with Gasteiger partial charge in [0.15, 0.2) is 0 Å². The molecule has 0 unspecified atom stereocenters. The quantitative estimate of drug-likeness (QED) is 0.333. The number of hydrogen-bond donors (Lipinski definition) is 2. The van der Waals surface area contributed by atoms with Gasteiger partial charge >= 0.3 is 12.1 Å². The molecular weight excluding hydrogens is 577 g/mol. The summed E-state index contributed by atoms with van der Waals surface area (Å²) in [5.74, 6) is -2.16. The van der Waals surface area contributed by atoms with Gasteiger partial charge in [-0.1, -0.05) is 67.4 Å². The first-order valence-corrected chi connectivity index (χ1v) is 15.4. The van der Waals surface area contributed by atoms with Crippen LogP contribution in [0.5, 0.6) is 0 Å². The van der Waals surface area contributed by atoms with Crippen molar-refractivity contribution in [2.75, 3.05) is 13.1 Å². The number of halogens is 1. The van der Waals surface area contributed by atoms with E-state index >= 15 is 0 Å². The Morgan fingerprint density at radius 2 is 1.62 bits per heavy atom. The minimum Gasteiger partial charge on any atom is -0.480 e. The molecule has 238 valence electrons. The molecule has 9 nitrogen and oxygen atoms in total. The zero-order valence-corrected chi connectivity index (χ0v) is 25.9. The van der Waals surface area contributed by atoms with Gasteiger partial charge in [0.05, 0.1) is 0 Å². The van der Waals surface area contributed by atoms with Gasteiger partial charge in [0.1, 0.15) is 29.5 Å². The number of carboxylic acids is 1. The molecule has 10 heteroatoms. The van der Waals surface area contributed by atoms with E-state index in [4.69, 9.17) is 4.74 Å². The molecule has 0 bridgehead atoms. The van der Waals surface area contributed by atoms with Crippen LogP contribution in [-0.2, 0) is 32.0 Å². The van der Waals surface area contributed by atoms with Crippen molar-refractivity contribution in [2.45, 2.75) is 76.6 Å². The fourth-order valence-electron chi connectivity index (χ4n) is 5.90. The Bertz CT molecular complexity index is 1570. The van der Waals surface area contributed by atoms with Crippen molar-refractivity contribution in [2.24, 2.45) is 5.92 Å². The van der Waals surface area contributed by atoms with Crippen molar-refractivity contribution in [3.63, 3.8) is 0 Å². The monoisotopic (exact) mass is 617 g/mol. The van der Waals surface area contributed by atoms with Crippen molar-refractivity contribution in [3.8, 4) is 0 Å². The third-order valence-electron chi connectivity index (χ3n) is 8.31. The molecule has 0 spiro atoms. The van der Waals surface area contributed by atoms with Gasteiger partial charge in [0, 0.05) is 25.9 Å². The van der Waals surface area contributed by atoms with E-state index in [0.29, 0.717) is 12.0 Å². The fraction of sp³-hybridized carbons (Fsp3) is 0.429. The van der Waals surface area contributed by atoms with E-state index in [2.05, 4.69) is 5.32 Å². The number of alkyl carbamates (subject to hydrolysis) is 1. The Labute approximate surface area is 262 Å². The number of ether oxygens (including phenoxy) is 1. The third kappa shape index (κ3) is 8.17. The van der Waals surface area contributed by atoms with E-state index < -0.39 is 53.4 Å². The van der Waals surface area contributed by atoms with E-state index in [1.807, 2.05) is 42.5 Å². The topological polar surface area (TPSA) is 116 Å². The standard InChI is InChI=1S/C35H40FN3O6/c1-35(2,3)45-34(44)37-28(19-22-11-14-27(36)15-12-22)31(40)38-16-17-39(32(41)29(38)20-23-8-9-23)30(33(42)43)21-24-10-13-25-6-4-5-7-26(25)18-24/h4-7,10-15,18,23,28-30H,8-9,16-17,19-21H2,1-3H3,(H,37,44)(H,42,43)/t28-,29+,30+/m1/s1. The van der Waals surface area contributed by atoms with E-state index in [0.717, 1.165) is 29.2 Å². The molecule has 5 rings (SSSR count). The summed E-state index contributed by atoms with van der Waals surface area (Å²) in [5, 5.41) is 15.0. The summed E-state index contributed by atoms with van der Waals surface area (Å²) in [4.78, 5) is 56.5. The van der Waals surface area contributed by atoms with Gasteiger partial charge < -0.3 is 25.0 Å². The summed E-state index contributed by atoms with van der Waals surface area (Å²) >= 11 is 0. The van der Waals surface area contributed by atoms with Crippen molar-refractivity contribution >= 4 is 34.6 Å². The van der Waals surface area contributed by atoms with Crippen molar-refractivity contribution < 1.29 is 33.4 Å². The Hall–Kier alpha value is -4.47. The van der Waals surface area contributed by atoms with Crippen LogP contribution in [0.3, 0.4) is 0 Å². The molecule has 1 aliphatic carbocycles. The highest BCUT2D eigenvalue weighted by Gasteiger charge is 2.45. The molecule has 0 aromatic heterocycles. The van der Waals surface area contributed by atoms with E-state index in [1.165, 1.54) is 21.9 Å². The van der Waals surface area contributed by atoms with Crippen LogP contribution < -0.4 is 5.32 Å². The number of carbonyl (C=O) groups excluding carboxylic acids is 3. The first-order chi connectivity index (χ1) is 21.4. The number of nitrogens with zero attached hydrogens (tertiary/aromatic N) is 2. The number of carbonyl (C=O) groups is 4. The molecule has 1 heterocycles. The molecule has 2 aliphatic rings. The number of benzene rings is 3. The van der Waals surface area contributed by atoms with Crippen molar-refractivity contribution in [3.05, 3.63) is 83.7 Å².